The van der Waals surface area contributed by atoms with Crippen molar-refractivity contribution in [2.75, 3.05) is 6.54 Å². The molecule has 0 atom stereocenters. The van der Waals surface area contributed by atoms with Gasteiger partial charge in [-0.2, -0.15) is 0 Å². The zero-order valence-corrected chi connectivity index (χ0v) is 14.4. The van der Waals surface area contributed by atoms with Gasteiger partial charge in [-0.1, -0.05) is 18.2 Å². The van der Waals surface area contributed by atoms with E-state index in [0.717, 1.165) is 0 Å². The molecule has 5 nitrogen and oxygen atoms in total. The molecule has 0 radical (unpaired) electrons. The molecule has 1 fully saturated rings. The van der Waals surface area contributed by atoms with Crippen LogP contribution in [0.5, 0.6) is 0 Å². The summed E-state index contributed by atoms with van der Waals surface area (Å²) >= 11 is 0. The minimum absolute atomic E-state index is 0.160. The molecule has 1 aliphatic rings. The summed E-state index contributed by atoms with van der Waals surface area (Å²) in [5.74, 6) is -1.51. The maximum absolute atomic E-state index is 14.2. The van der Waals surface area contributed by atoms with Crippen molar-refractivity contribution < 1.29 is 23.6 Å². The second-order valence-electron chi connectivity index (χ2n) is 6.94. The van der Waals surface area contributed by atoms with Crippen molar-refractivity contribution in [3.8, 4) is 0 Å². The van der Waals surface area contributed by atoms with Gasteiger partial charge in [0.1, 0.15) is 5.82 Å². The molecule has 1 saturated heterocycles. The highest BCUT2D eigenvalue weighted by Crippen LogP contribution is 2.38. The van der Waals surface area contributed by atoms with E-state index in [1.165, 1.54) is 12.1 Å². The fraction of sp³-hybridized carbons (Fsp3) is 0.471. The molecule has 0 unspecified atom stereocenters. The molecule has 1 aromatic rings. The van der Waals surface area contributed by atoms with Crippen LogP contribution in [0.2, 0.25) is 0 Å². The van der Waals surface area contributed by atoms with E-state index < -0.39 is 30.1 Å². The monoisotopic (exact) mass is 335 g/mol. The number of carbonyl (C=O) groups is 1. The van der Waals surface area contributed by atoms with Crippen LogP contribution < -0.4 is 5.73 Å². The van der Waals surface area contributed by atoms with Gasteiger partial charge in [-0.3, -0.25) is 4.79 Å². The largest absolute Gasteiger partial charge is 0.491 e. The van der Waals surface area contributed by atoms with Crippen LogP contribution in [0.1, 0.15) is 38.8 Å². The summed E-state index contributed by atoms with van der Waals surface area (Å²) in [6.45, 7) is 7.89. The van der Waals surface area contributed by atoms with Crippen LogP contribution in [0.15, 0.2) is 23.7 Å². The Bertz CT molecular complexity index is 657. The summed E-state index contributed by atoms with van der Waals surface area (Å²) in [7, 11) is -0.641. The lowest BCUT2D eigenvalue weighted by atomic mass is 9.77. The highest BCUT2D eigenvalue weighted by atomic mass is 19.1. The minimum atomic E-state index is -1.00. The van der Waals surface area contributed by atoms with E-state index in [9.17, 15) is 9.18 Å². The van der Waals surface area contributed by atoms with Crippen molar-refractivity contribution >= 4 is 19.2 Å². The molecule has 3 N–H and O–H groups in total. The number of aliphatic carboxylic acids is 1. The van der Waals surface area contributed by atoms with Crippen molar-refractivity contribution in [2.45, 2.75) is 45.3 Å². The molecule has 0 spiro atoms. The third kappa shape index (κ3) is 3.86. The SMILES string of the molecule is CC1(C)OB(C(=Cc2ccc(CC(=O)O)cc2F)CN)OC1(C)C. The lowest BCUT2D eigenvalue weighted by molar-refractivity contribution is -0.136. The number of carboxylic acids is 1. The van der Waals surface area contributed by atoms with Gasteiger partial charge in [0.2, 0.25) is 0 Å². The Labute approximate surface area is 141 Å². The predicted octanol–water partition coefficient (Wildman–Crippen LogP) is 2.43. The molecule has 1 aliphatic heterocycles. The lowest BCUT2D eigenvalue weighted by Gasteiger charge is -2.32. The molecule has 1 heterocycles. The number of hydrogen-bond donors (Lipinski definition) is 2. The first-order chi connectivity index (χ1) is 11.1. The van der Waals surface area contributed by atoms with Crippen LogP contribution in [0.3, 0.4) is 0 Å². The molecular weight excluding hydrogens is 312 g/mol. The molecule has 0 bridgehead atoms. The van der Waals surface area contributed by atoms with Gasteiger partial charge in [0, 0.05) is 12.1 Å². The molecule has 1 aromatic carbocycles. The van der Waals surface area contributed by atoms with Gasteiger partial charge in [-0.25, -0.2) is 4.39 Å². The van der Waals surface area contributed by atoms with E-state index in [4.69, 9.17) is 20.1 Å². The van der Waals surface area contributed by atoms with E-state index in [1.54, 1.807) is 12.1 Å². The first kappa shape index (κ1) is 18.6. The fourth-order valence-corrected chi connectivity index (χ4v) is 2.39. The van der Waals surface area contributed by atoms with Gasteiger partial charge in [0.25, 0.3) is 0 Å². The molecule has 130 valence electrons. The molecule has 0 amide bonds. The molecule has 24 heavy (non-hydrogen) atoms. The molecule has 2 rings (SSSR count). The number of halogens is 1. The van der Waals surface area contributed by atoms with Crippen LogP contribution in [0, 0.1) is 5.82 Å². The van der Waals surface area contributed by atoms with E-state index in [2.05, 4.69) is 0 Å². The fourth-order valence-electron chi connectivity index (χ4n) is 2.39. The van der Waals surface area contributed by atoms with Crippen molar-refractivity contribution in [3.05, 3.63) is 40.6 Å². The number of benzene rings is 1. The summed E-state index contributed by atoms with van der Waals surface area (Å²) in [5.41, 5.74) is 6.13. The molecular formula is C17H23BFNO4. The Morgan fingerprint density at radius 2 is 1.88 bits per heavy atom. The molecule has 7 heteroatoms. The van der Waals surface area contributed by atoms with E-state index in [-0.39, 0.29) is 13.0 Å². The summed E-state index contributed by atoms with van der Waals surface area (Å²) in [6, 6.07) is 4.34. The van der Waals surface area contributed by atoms with E-state index in [1.807, 2.05) is 27.7 Å². The molecule has 0 aromatic heterocycles. The molecule has 0 aliphatic carbocycles. The van der Waals surface area contributed by atoms with Crippen molar-refractivity contribution in [1.82, 2.24) is 0 Å². The van der Waals surface area contributed by atoms with Crippen LogP contribution in [-0.2, 0) is 20.5 Å². The maximum atomic E-state index is 14.2. The second kappa shape index (κ2) is 6.66. The van der Waals surface area contributed by atoms with Gasteiger partial charge in [0.05, 0.1) is 17.6 Å². The van der Waals surface area contributed by atoms with Crippen LogP contribution in [0.25, 0.3) is 6.08 Å². The van der Waals surface area contributed by atoms with Crippen molar-refractivity contribution in [3.63, 3.8) is 0 Å². The summed E-state index contributed by atoms with van der Waals surface area (Å²) in [4.78, 5) is 10.7. The van der Waals surface area contributed by atoms with Gasteiger partial charge in [-0.15, -0.1) is 0 Å². The van der Waals surface area contributed by atoms with Crippen molar-refractivity contribution in [1.29, 1.82) is 0 Å². The first-order valence-corrected chi connectivity index (χ1v) is 7.82. The normalized spacial score (nSPS) is 19.6. The van der Waals surface area contributed by atoms with Gasteiger partial charge in [-0.05, 0) is 44.8 Å². The second-order valence-corrected chi connectivity index (χ2v) is 6.94. The zero-order chi connectivity index (χ0) is 18.1. The standard InChI is InChI=1S/C17H23BFNO4/c1-16(2)17(3,4)24-18(23-16)13(10-20)9-12-6-5-11(7-14(12)19)8-15(21)22/h5-7,9H,8,10,20H2,1-4H3,(H,21,22). The van der Waals surface area contributed by atoms with Crippen molar-refractivity contribution in [2.24, 2.45) is 5.73 Å². The highest BCUT2D eigenvalue weighted by Gasteiger charge is 2.52. The van der Waals surface area contributed by atoms with E-state index in [0.29, 0.717) is 16.6 Å². The highest BCUT2D eigenvalue weighted by molar-refractivity contribution is 6.55. The van der Waals surface area contributed by atoms with Gasteiger partial charge in [0.15, 0.2) is 0 Å². The third-order valence-electron chi connectivity index (χ3n) is 4.55. The topological polar surface area (TPSA) is 81.8 Å². The Hall–Kier alpha value is -1.70. The Morgan fingerprint density at radius 1 is 1.29 bits per heavy atom. The number of hydrogen-bond acceptors (Lipinski definition) is 4. The number of carboxylic acid groups (broad SMARTS) is 1. The maximum Gasteiger partial charge on any atom is 0.491 e. The lowest BCUT2D eigenvalue weighted by Crippen LogP contribution is -2.41. The Kier molecular flexibility index (Phi) is 5.18. The Balaban J connectivity index is 2.27. The quantitative estimate of drug-likeness (QED) is 0.808. The third-order valence-corrected chi connectivity index (χ3v) is 4.55. The van der Waals surface area contributed by atoms with Gasteiger partial charge < -0.3 is 20.1 Å². The Morgan fingerprint density at radius 3 is 2.33 bits per heavy atom. The summed E-state index contributed by atoms with van der Waals surface area (Å²) < 4.78 is 26.1. The predicted molar refractivity (Wildman–Crippen MR) is 90.9 cm³/mol. The van der Waals surface area contributed by atoms with Gasteiger partial charge >= 0.3 is 13.1 Å². The average molecular weight is 335 g/mol. The smallest absolute Gasteiger partial charge is 0.481 e. The average Bonchev–Trinajstić information content (AvgIpc) is 2.65. The summed E-state index contributed by atoms with van der Waals surface area (Å²) in [6.07, 6.45) is 1.38. The zero-order valence-electron chi connectivity index (χ0n) is 14.4. The van der Waals surface area contributed by atoms with Crippen LogP contribution in [0.4, 0.5) is 4.39 Å². The summed E-state index contributed by atoms with van der Waals surface area (Å²) in [5, 5.41) is 8.77. The number of nitrogens with two attached hydrogens (primary N) is 1. The van der Waals surface area contributed by atoms with Crippen LogP contribution >= 0.6 is 0 Å². The molecule has 0 saturated carbocycles. The van der Waals surface area contributed by atoms with E-state index >= 15 is 0 Å². The van der Waals surface area contributed by atoms with Crippen LogP contribution in [-0.4, -0.2) is 35.9 Å². The number of rotatable bonds is 5. The minimum Gasteiger partial charge on any atom is -0.481 e. The first-order valence-electron chi connectivity index (χ1n) is 7.82.